The van der Waals surface area contributed by atoms with Gasteiger partial charge in [-0.15, -0.1) is 0 Å². The maximum Gasteiger partial charge on any atom is 0.193 e. The molecular weight excluding hydrogens is 300 g/mol. The molecule has 2 aromatic rings. The maximum atomic E-state index is 13.5. The van der Waals surface area contributed by atoms with Crippen molar-refractivity contribution in [1.29, 1.82) is 0 Å². The summed E-state index contributed by atoms with van der Waals surface area (Å²) in [6, 6.07) is 10.9. The van der Waals surface area contributed by atoms with E-state index in [0.29, 0.717) is 6.61 Å². The van der Waals surface area contributed by atoms with Crippen molar-refractivity contribution in [2.75, 3.05) is 19.0 Å². The summed E-state index contributed by atoms with van der Waals surface area (Å²) in [7, 11) is 1.61. The standard InChI is InChI=1S/C17H19F2N3O/c1-23-11-13-4-2-3-5-16(13)22-17(20)21-9-8-12-10-14(18)6-7-15(12)19/h2-7,10H,8-9,11H2,1H3,(H3,20,21,22). The summed E-state index contributed by atoms with van der Waals surface area (Å²) in [6.07, 6.45) is 0.270. The highest BCUT2D eigenvalue weighted by Gasteiger charge is 2.05. The quantitative estimate of drug-likeness (QED) is 0.635. The van der Waals surface area contributed by atoms with Gasteiger partial charge in [0, 0.05) is 24.9 Å². The van der Waals surface area contributed by atoms with Gasteiger partial charge in [0.05, 0.1) is 6.61 Å². The van der Waals surface area contributed by atoms with Gasteiger partial charge in [-0.25, -0.2) is 8.78 Å². The van der Waals surface area contributed by atoms with Gasteiger partial charge >= 0.3 is 0 Å². The number of hydrogen-bond acceptors (Lipinski definition) is 2. The predicted molar refractivity (Wildman–Crippen MR) is 87.3 cm³/mol. The van der Waals surface area contributed by atoms with Gasteiger partial charge in [-0.05, 0) is 36.2 Å². The molecule has 0 bridgehead atoms. The van der Waals surface area contributed by atoms with Crippen LogP contribution in [0.3, 0.4) is 0 Å². The van der Waals surface area contributed by atoms with Crippen LogP contribution in [0.2, 0.25) is 0 Å². The van der Waals surface area contributed by atoms with Crippen LogP contribution in [0.15, 0.2) is 47.5 Å². The van der Waals surface area contributed by atoms with Gasteiger partial charge in [-0.1, -0.05) is 18.2 Å². The first-order chi connectivity index (χ1) is 11.1. The van der Waals surface area contributed by atoms with E-state index in [4.69, 9.17) is 10.5 Å². The molecule has 6 heteroatoms. The minimum Gasteiger partial charge on any atom is -0.380 e. The molecule has 3 N–H and O–H groups in total. The molecule has 0 radical (unpaired) electrons. The Morgan fingerprint density at radius 2 is 1.96 bits per heavy atom. The van der Waals surface area contributed by atoms with Crippen molar-refractivity contribution < 1.29 is 13.5 Å². The van der Waals surface area contributed by atoms with E-state index in [1.807, 2.05) is 24.3 Å². The van der Waals surface area contributed by atoms with E-state index in [1.165, 1.54) is 6.07 Å². The van der Waals surface area contributed by atoms with Crippen molar-refractivity contribution in [3.63, 3.8) is 0 Å². The minimum absolute atomic E-state index is 0.213. The molecule has 122 valence electrons. The van der Waals surface area contributed by atoms with Crippen LogP contribution in [0.4, 0.5) is 14.5 Å². The van der Waals surface area contributed by atoms with Crippen LogP contribution in [-0.2, 0) is 17.8 Å². The number of nitrogens with zero attached hydrogens (tertiary/aromatic N) is 1. The first-order valence-corrected chi connectivity index (χ1v) is 7.18. The highest BCUT2D eigenvalue weighted by Crippen LogP contribution is 2.15. The molecule has 0 atom stereocenters. The lowest BCUT2D eigenvalue weighted by Gasteiger charge is -2.10. The SMILES string of the molecule is COCc1ccccc1NC(N)=NCCc1cc(F)ccc1F. The zero-order chi connectivity index (χ0) is 16.7. The summed E-state index contributed by atoms with van der Waals surface area (Å²) in [5, 5.41) is 2.99. The second-order valence-corrected chi connectivity index (χ2v) is 4.97. The van der Waals surface area contributed by atoms with Crippen LogP contribution < -0.4 is 11.1 Å². The van der Waals surface area contributed by atoms with E-state index in [0.717, 1.165) is 23.4 Å². The van der Waals surface area contributed by atoms with Crippen molar-refractivity contribution in [2.24, 2.45) is 10.7 Å². The number of benzene rings is 2. The number of aliphatic imine (C=N–C) groups is 1. The third-order valence-electron chi connectivity index (χ3n) is 3.25. The maximum absolute atomic E-state index is 13.5. The summed E-state index contributed by atoms with van der Waals surface area (Å²) in [6.45, 7) is 0.705. The second-order valence-electron chi connectivity index (χ2n) is 4.97. The van der Waals surface area contributed by atoms with Crippen LogP contribution in [0.5, 0.6) is 0 Å². The van der Waals surface area contributed by atoms with Gasteiger partial charge in [0.25, 0.3) is 0 Å². The lowest BCUT2D eigenvalue weighted by molar-refractivity contribution is 0.185. The molecule has 0 saturated carbocycles. The molecule has 0 aliphatic heterocycles. The number of ether oxygens (including phenoxy) is 1. The second kappa shape index (κ2) is 8.24. The fourth-order valence-corrected chi connectivity index (χ4v) is 2.13. The van der Waals surface area contributed by atoms with Gasteiger partial charge in [-0.3, -0.25) is 4.99 Å². The molecule has 0 aliphatic carbocycles. The molecule has 0 unspecified atom stereocenters. The molecule has 0 heterocycles. The monoisotopic (exact) mass is 319 g/mol. The number of rotatable bonds is 6. The molecule has 2 rings (SSSR count). The molecule has 0 amide bonds. The zero-order valence-corrected chi connectivity index (χ0v) is 12.9. The largest absolute Gasteiger partial charge is 0.380 e. The van der Waals surface area contributed by atoms with E-state index >= 15 is 0 Å². The highest BCUT2D eigenvalue weighted by atomic mass is 19.1. The Morgan fingerprint density at radius 3 is 2.74 bits per heavy atom. The third kappa shape index (κ3) is 5.03. The van der Waals surface area contributed by atoms with E-state index in [9.17, 15) is 8.78 Å². The smallest absolute Gasteiger partial charge is 0.193 e. The number of nitrogens with one attached hydrogen (secondary N) is 1. The average molecular weight is 319 g/mol. The summed E-state index contributed by atoms with van der Waals surface area (Å²) >= 11 is 0. The summed E-state index contributed by atoms with van der Waals surface area (Å²) < 4.78 is 31.7. The van der Waals surface area contributed by atoms with Crippen LogP contribution in [0.25, 0.3) is 0 Å². The van der Waals surface area contributed by atoms with E-state index in [2.05, 4.69) is 10.3 Å². The Labute approximate surface area is 134 Å². The van der Waals surface area contributed by atoms with Crippen molar-refractivity contribution in [3.05, 3.63) is 65.2 Å². The fraction of sp³-hybridized carbons (Fsp3) is 0.235. The topological polar surface area (TPSA) is 59.6 Å². The normalized spacial score (nSPS) is 11.5. The molecule has 2 aromatic carbocycles. The van der Waals surface area contributed by atoms with Crippen molar-refractivity contribution >= 4 is 11.6 Å². The Hall–Kier alpha value is -2.47. The number of anilines is 1. The molecule has 0 aliphatic rings. The van der Waals surface area contributed by atoms with Gasteiger partial charge < -0.3 is 15.8 Å². The summed E-state index contributed by atoms with van der Waals surface area (Å²) in [5.74, 6) is -0.700. The van der Waals surface area contributed by atoms with Crippen molar-refractivity contribution in [1.82, 2.24) is 0 Å². The molecule has 0 aromatic heterocycles. The van der Waals surface area contributed by atoms with Gasteiger partial charge in [-0.2, -0.15) is 0 Å². The summed E-state index contributed by atoms with van der Waals surface area (Å²) in [4.78, 5) is 4.14. The Kier molecular flexibility index (Phi) is 6.05. The number of nitrogens with two attached hydrogens (primary N) is 1. The number of halogens is 2. The number of guanidine groups is 1. The Bertz CT molecular complexity index is 689. The van der Waals surface area contributed by atoms with E-state index in [1.54, 1.807) is 7.11 Å². The number of para-hydroxylation sites is 1. The average Bonchev–Trinajstić information content (AvgIpc) is 2.53. The molecule has 0 spiro atoms. The molecular formula is C17H19F2N3O. The Balaban J connectivity index is 1.97. The number of hydrogen-bond donors (Lipinski definition) is 2. The molecule has 0 fully saturated rings. The predicted octanol–water partition coefficient (Wildman–Crippen LogP) is 3.08. The zero-order valence-electron chi connectivity index (χ0n) is 12.9. The van der Waals surface area contributed by atoms with Crippen molar-refractivity contribution in [2.45, 2.75) is 13.0 Å². The lowest BCUT2D eigenvalue weighted by Crippen LogP contribution is -2.24. The van der Waals surface area contributed by atoms with Gasteiger partial charge in [0.15, 0.2) is 5.96 Å². The number of methoxy groups -OCH3 is 1. The van der Waals surface area contributed by atoms with E-state index < -0.39 is 11.6 Å². The first-order valence-electron chi connectivity index (χ1n) is 7.18. The molecule has 23 heavy (non-hydrogen) atoms. The lowest BCUT2D eigenvalue weighted by atomic mass is 10.1. The highest BCUT2D eigenvalue weighted by molar-refractivity contribution is 5.92. The van der Waals surface area contributed by atoms with Crippen LogP contribution >= 0.6 is 0 Å². The van der Waals surface area contributed by atoms with Crippen LogP contribution in [0.1, 0.15) is 11.1 Å². The van der Waals surface area contributed by atoms with Crippen LogP contribution in [0, 0.1) is 11.6 Å². The minimum atomic E-state index is -0.468. The molecule has 0 saturated heterocycles. The Morgan fingerprint density at radius 1 is 1.17 bits per heavy atom. The van der Waals surface area contributed by atoms with Crippen molar-refractivity contribution in [3.8, 4) is 0 Å². The molecule has 4 nitrogen and oxygen atoms in total. The fourth-order valence-electron chi connectivity index (χ4n) is 2.13. The van der Waals surface area contributed by atoms with Crippen LogP contribution in [-0.4, -0.2) is 19.6 Å². The first kappa shape index (κ1) is 16.9. The summed E-state index contributed by atoms with van der Waals surface area (Å²) in [5.41, 5.74) is 7.86. The van der Waals surface area contributed by atoms with E-state index in [-0.39, 0.29) is 24.5 Å². The van der Waals surface area contributed by atoms with Gasteiger partial charge in [0.2, 0.25) is 0 Å². The third-order valence-corrected chi connectivity index (χ3v) is 3.25. The van der Waals surface area contributed by atoms with Gasteiger partial charge in [0.1, 0.15) is 11.6 Å².